The number of anilines is 1. The number of nitrogens with zero attached hydrogens (tertiary/aromatic N) is 1. The first-order valence-electron chi connectivity index (χ1n) is 8.64. The molecule has 2 aromatic carbocycles. The third-order valence-corrected chi connectivity index (χ3v) is 6.67. The number of thiazole rings is 1. The van der Waals surface area contributed by atoms with E-state index in [0.29, 0.717) is 11.3 Å². The summed E-state index contributed by atoms with van der Waals surface area (Å²) in [6.07, 6.45) is 0. The summed E-state index contributed by atoms with van der Waals surface area (Å²) in [6, 6.07) is 13.7. The zero-order valence-corrected chi connectivity index (χ0v) is 16.6. The molecule has 1 aromatic heterocycles. The Labute approximate surface area is 166 Å². The molecule has 1 aliphatic rings. The van der Waals surface area contributed by atoms with Crippen LogP contribution in [0.15, 0.2) is 52.2 Å². The molecule has 136 valence electrons. The monoisotopic (exact) mass is 394 g/mol. The molecule has 27 heavy (non-hydrogen) atoms. The number of nitrogens with one attached hydrogen (secondary N) is 1. The van der Waals surface area contributed by atoms with Crippen molar-refractivity contribution >= 4 is 40.5 Å². The number of ketones is 1. The standard InChI is InChI=1S/C21H18N2O2S2/c1-12-3-5-14(6-4-12)18-10-26-21(23-18)27-11-19(24)15-7-8-17-16(9-15)13(2)20(25)22-17/h3-10,13H,11H2,1-2H3,(H,22,25)/t13-/m0/s1. The average molecular weight is 395 g/mol. The van der Waals surface area contributed by atoms with Gasteiger partial charge in [0.25, 0.3) is 0 Å². The number of benzene rings is 2. The van der Waals surface area contributed by atoms with Crippen molar-refractivity contribution in [1.82, 2.24) is 4.98 Å². The fraction of sp³-hybridized carbons (Fsp3) is 0.190. The van der Waals surface area contributed by atoms with Crippen molar-refractivity contribution in [1.29, 1.82) is 0 Å². The zero-order chi connectivity index (χ0) is 19.0. The number of hydrogen-bond acceptors (Lipinski definition) is 5. The lowest BCUT2D eigenvalue weighted by Crippen LogP contribution is -2.08. The fourth-order valence-corrected chi connectivity index (χ4v) is 4.71. The molecule has 1 atom stereocenters. The summed E-state index contributed by atoms with van der Waals surface area (Å²) in [7, 11) is 0. The summed E-state index contributed by atoms with van der Waals surface area (Å²) >= 11 is 3.00. The first-order valence-corrected chi connectivity index (χ1v) is 10.5. The number of amides is 1. The molecule has 1 aliphatic heterocycles. The Morgan fingerprint density at radius 1 is 1.22 bits per heavy atom. The van der Waals surface area contributed by atoms with E-state index in [0.717, 1.165) is 26.8 Å². The molecule has 0 saturated heterocycles. The predicted octanol–water partition coefficient (Wildman–Crippen LogP) is 5.15. The van der Waals surface area contributed by atoms with E-state index in [2.05, 4.69) is 41.5 Å². The van der Waals surface area contributed by atoms with Gasteiger partial charge in [0, 0.05) is 22.2 Å². The molecule has 0 bridgehead atoms. The number of fused-ring (bicyclic) bond motifs is 1. The molecule has 1 N–H and O–H groups in total. The van der Waals surface area contributed by atoms with Crippen LogP contribution in [-0.2, 0) is 4.79 Å². The molecule has 0 aliphatic carbocycles. The van der Waals surface area contributed by atoms with Crippen molar-refractivity contribution in [2.75, 3.05) is 11.1 Å². The Balaban J connectivity index is 1.43. The molecule has 6 heteroatoms. The summed E-state index contributed by atoms with van der Waals surface area (Å²) in [5.41, 5.74) is 5.58. The molecule has 0 unspecified atom stereocenters. The largest absolute Gasteiger partial charge is 0.325 e. The predicted molar refractivity (Wildman–Crippen MR) is 111 cm³/mol. The molecule has 0 radical (unpaired) electrons. The Bertz CT molecular complexity index is 1020. The summed E-state index contributed by atoms with van der Waals surface area (Å²) in [5.74, 6) is 0.142. The lowest BCUT2D eigenvalue weighted by Gasteiger charge is -2.05. The quantitative estimate of drug-likeness (QED) is 0.480. The van der Waals surface area contributed by atoms with Gasteiger partial charge in [-0.05, 0) is 37.6 Å². The van der Waals surface area contributed by atoms with Crippen LogP contribution < -0.4 is 5.32 Å². The second kappa shape index (κ2) is 7.29. The number of aryl methyl sites for hydroxylation is 1. The third kappa shape index (κ3) is 3.68. The highest BCUT2D eigenvalue weighted by Crippen LogP contribution is 2.33. The highest BCUT2D eigenvalue weighted by molar-refractivity contribution is 8.01. The van der Waals surface area contributed by atoms with E-state index in [1.54, 1.807) is 17.4 Å². The number of rotatable bonds is 5. The maximum Gasteiger partial charge on any atom is 0.231 e. The van der Waals surface area contributed by atoms with Crippen molar-refractivity contribution in [2.24, 2.45) is 0 Å². The SMILES string of the molecule is Cc1ccc(-c2csc(SCC(=O)c3ccc4c(c3)[C@H](C)C(=O)N4)n2)cc1. The van der Waals surface area contributed by atoms with Crippen LogP contribution in [0, 0.1) is 6.92 Å². The summed E-state index contributed by atoms with van der Waals surface area (Å²) in [4.78, 5) is 29.0. The van der Waals surface area contributed by atoms with Gasteiger partial charge in [-0.1, -0.05) is 41.6 Å². The van der Waals surface area contributed by atoms with Crippen LogP contribution in [0.1, 0.15) is 34.3 Å². The van der Waals surface area contributed by atoms with E-state index in [9.17, 15) is 9.59 Å². The molecule has 4 rings (SSSR count). The number of carbonyl (C=O) groups excluding carboxylic acids is 2. The van der Waals surface area contributed by atoms with Gasteiger partial charge in [-0.2, -0.15) is 0 Å². The van der Waals surface area contributed by atoms with Gasteiger partial charge in [0.15, 0.2) is 10.1 Å². The van der Waals surface area contributed by atoms with E-state index in [-0.39, 0.29) is 17.6 Å². The third-order valence-electron chi connectivity index (χ3n) is 4.65. The Morgan fingerprint density at radius 3 is 2.78 bits per heavy atom. The normalized spacial score (nSPS) is 15.5. The first-order chi connectivity index (χ1) is 13.0. The molecule has 1 amide bonds. The molecule has 0 saturated carbocycles. The smallest absolute Gasteiger partial charge is 0.231 e. The first kappa shape index (κ1) is 17.9. The van der Waals surface area contributed by atoms with Crippen LogP contribution in [0.2, 0.25) is 0 Å². The maximum absolute atomic E-state index is 12.6. The molecular formula is C21H18N2O2S2. The summed E-state index contributed by atoms with van der Waals surface area (Å²) < 4.78 is 0.880. The van der Waals surface area contributed by atoms with Crippen LogP contribution in [0.5, 0.6) is 0 Å². The average Bonchev–Trinajstić information content (AvgIpc) is 3.25. The van der Waals surface area contributed by atoms with Gasteiger partial charge in [0.2, 0.25) is 5.91 Å². The molecule has 3 aromatic rings. The molecule has 0 fully saturated rings. The van der Waals surface area contributed by atoms with E-state index >= 15 is 0 Å². The van der Waals surface area contributed by atoms with E-state index in [1.807, 2.05) is 24.4 Å². The minimum absolute atomic E-state index is 0.0182. The molecule has 4 nitrogen and oxygen atoms in total. The minimum Gasteiger partial charge on any atom is -0.325 e. The minimum atomic E-state index is -0.212. The van der Waals surface area contributed by atoms with Crippen LogP contribution in [0.25, 0.3) is 11.3 Å². The lowest BCUT2D eigenvalue weighted by molar-refractivity contribution is -0.116. The maximum atomic E-state index is 12.6. The second-order valence-corrected chi connectivity index (χ2v) is 8.67. The van der Waals surface area contributed by atoms with Crippen molar-refractivity contribution < 1.29 is 9.59 Å². The van der Waals surface area contributed by atoms with Gasteiger partial charge in [0.05, 0.1) is 17.4 Å². The highest BCUT2D eigenvalue weighted by atomic mass is 32.2. The number of aromatic nitrogens is 1. The van der Waals surface area contributed by atoms with Crippen LogP contribution in [-0.4, -0.2) is 22.4 Å². The van der Waals surface area contributed by atoms with Gasteiger partial charge >= 0.3 is 0 Å². The second-order valence-electron chi connectivity index (χ2n) is 6.59. The summed E-state index contributed by atoms with van der Waals surface area (Å²) in [5, 5.41) is 4.85. The number of thioether (sulfide) groups is 1. The van der Waals surface area contributed by atoms with E-state index in [4.69, 9.17) is 0 Å². The van der Waals surface area contributed by atoms with E-state index < -0.39 is 0 Å². The number of Topliss-reactive ketones (excluding diaryl/α,β-unsaturated/α-hetero) is 1. The highest BCUT2D eigenvalue weighted by Gasteiger charge is 2.27. The zero-order valence-electron chi connectivity index (χ0n) is 15.0. The Morgan fingerprint density at radius 2 is 2.00 bits per heavy atom. The van der Waals surface area contributed by atoms with Crippen molar-refractivity contribution in [3.8, 4) is 11.3 Å². The lowest BCUT2D eigenvalue weighted by atomic mass is 9.99. The van der Waals surface area contributed by atoms with Crippen LogP contribution in [0.3, 0.4) is 0 Å². The molecular weight excluding hydrogens is 376 g/mol. The van der Waals surface area contributed by atoms with E-state index in [1.165, 1.54) is 17.3 Å². The van der Waals surface area contributed by atoms with Gasteiger partial charge in [-0.25, -0.2) is 4.98 Å². The van der Waals surface area contributed by atoms with Crippen molar-refractivity contribution in [3.05, 3.63) is 64.5 Å². The van der Waals surface area contributed by atoms with Crippen LogP contribution >= 0.6 is 23.1 Å². The van der Waals surface area contributed by atoms with Crippen molar-refractivity contribution in [2.45, 2.75) is 24.1 Å². The molecule has 0 spiro atoms. The Hall–Kier alpha value is -2.44. The topological polar surface area (TPSA) is 59.1 Å². The van der Waals surface area contributed by atoms with Gasteiger partial charge in [0.1, 0.15) is 0 Å². The fourth-order valence-electron chi connectivity index (χ4n) is 2.98. The van der Waals surface area contributed by atoms with Crippen LogP contribution in [0.4, 0.5) is 5.69 Å². The summed E-state index contributed by atoms with van der Waals surface area (Å²) in [6.45, 7) is 3.91. The van der Waals surface area contributed by atoms with Gasteiger partial charge < -0.3 is 5.32 Å². The van der Waals surface area contributed by atoms with Gasteiger partial charge in [-0.3, -0.25) is 9.59 Å². The molecule has 2 heterocycles. The Kier molecular flexibility index (Phi) is 4.85. The van der Waals surface area contributed by atoms with Crippen molar-refractivity contribution in [3.63, 3.8) is 0 Å². The van der Waals surface area contributed by atoms with Gasteiger partial charge in [-0.15, -0.1) is 11.3 Å². The number of carbonyl (C=O) groups is 2. The number of hydrogen-bond donors (Lipinski definition) is 1.